The highest BCUT2D eigenvalue weighted by Crippen LogP contribution is 2.29. The van der Waals surface area contributed by atoms with Crippen molar-refractivity contribution in [2.75, 3.05) is 22.8 Å². The standard InChI is InChI=1S/C14H23N3O3S/c1-4-14(5-2,10-15)13(18)16-11-8-6-7-9-12(11)17-21(3,19)20/h6-9,17H,4-5,10,15H2,1-3H3,(H,16,18). The summed E-state index contributed by atoms with van der Waals surface area (Å²) in [7, 11) is -3.41. The number of rotatable bonds is 7. The number of benzene rings is 1. The van der Waals surface area contributed by atoms with Crippen LogP contribution in [-0.2, 0) is 14.8 Å². The molecule has 0 unspecified atom stereocenters. The zero-order valence-corrected chi connectivity index (χ0v) is 13.5. The van der Waals surface area contributed by atoms with Crippen LogP contribution in [0.25, 0.3) is 0 Å². The Labute approximate surface area is 126 Å². The number of amides is 1. The molecule has 4 N–H and O–H groups in total. The maximum atomic E-state index is 12.5. The molecule has 6 nitrogen and oxygen atoms in total. The normalized spacial score (nSPS) is 12.0. The van der Waals surface area contributed by atoms with Gasteiger partial charge in [0.15, 0.2) is 0 Å². The van der Waals surface area contributed by atoms with Gasteiger partial charge in [-0.15, -0.1) is 0 Å². The van der Waals surface area contributed by atoms with Gasteiger partial charge in [0.2, 0.25) is 15.9 Å². The summed E-state index contributed by atoms with van der Waals surface area (Å²) in [6.07, 6.45) is 2.30. The third kappa shape index (κ3) is 4.44. The second-order valence-corrected chi connectivity index (χ2v) is 6.81. The van der Waals surface area contributed by atoms with Crippen LogP contribution in [0.5, 0.6) is 0 Å². The van der Waals surface area contributed by atoms with Gasteiger partial charge in [-0.3, -0.25) is 9.52 Å². The predicted octanol–water partition coefficient (Wildman–Crippen LogP) is 1.76. The lowest BCUT2D eigenvalue weighted by Crippen LogP contribution is -2.41. The lowest BCUT2D eigenvalue weighted by molar-refractivity contribution is -0.125. The number of carbonyl (C=O) groups excluding carboxylic acids is 1. The zero-order chi connectivity index (χ0) is 16.1. The molecule has 7 heteroatoms. The van der Waals surface area contributed by atoms with Gasteiger partial charge in [0, 0.05) is 6.54 Å². The number of para-hydroxylation sites is 2. The van der Waals surface area contributed by atoms with E-state index in [1.165, 1.54) is 0 Å². The van der Waals surface area contributed by atoms with Crippen molar-refractivity contribution in [2.45, 2.75) is 26.7 Å². The molecule has 0 bridgehead atoms. The number of nitrogens with two attached hydrogens (primary N) is 1. The van der Waals surface area contributed by atoms with E-state index >= 15 is 0 Å². The molecule has 0 aliphatic heterocycles. The molecule has 1 amide bonds. The fourth-order valence-corrected chi connectivity index (χ4v) is 2.67. The van der Waals surface area contributed by atoms with E-state index in [2.05, 4.69) is 10.0 Å². The molecule has 118 valence electrons. The Bertz CT molecular complexity index is 587. The summed E-state index contributed by atoms with van der Waals surface area (Å²) in [5.41, 5.74) is 5.87. The molecule has 0 aliphatic rings. The van der Waals surface area contributed by atoms with Crippen molar-refractivity contribution < 1.29 is 13.2 Å². The van der Waals surface area contributed by atoms with E-state index < -0.39 is 15.4 Å². The van der Waals surface area contributed by atoms with Gasteiger partial charge in [-0.25, -0.2) is 8.42 Å². The molecule has 0 fully saturated rings. The summed E-state index contributed by atoms with van der Waals surface area (Å²) < 4.78 is 25.1. The fourth-order valence-electron chi connectivity index (χ4n) is 2.09. The SMILES string of the molecule is CCC(CC)(CN)C(=O)Nc1ccccc1NS(C)(=O)=O. The highest BCUT2D eigenvalue weighted by atomic mass is 32.2. The number of carbonyl (C=O) groups is 1. The van der Waals surface area contributed by atoms with Crippen LogP contribution in [0, 0.1) is 5.41 Å². The van der Waals surface area contributed by atoms with E-state index in [0.717, 1.165) is 6.26 Å². The predicted molar refractivity (Wildman–Crippen MR) is 85.6 cm³/mol. The summed E-state index contributed by atoms with van der Waals surface area (Å²) in [6.45, 7) is 4.07. The Hall–Kier alpha value is -1.60. The highest BCUT2D eigenvalue weighted by molar-refractivity contribution is 7.92. The lowest BCUT2D eigenvalue weighted by Gasteiger charge is -2.29. The average Bonchev–Trinajstić information content (AvgIpc) is 2.42. The number of anilines is 2. The Morgan fingerprint density at radius 1 is 1.19 bits per heavy atom. The summed E-state index contributed by atoms with van der Waals surface area (Å²) >= 11 is 0. The molecule has 0 heterocycles. The second kappa shape index (κ2) is 6.91. The van der Waals surface area contributed by atoms with Crippen LogP contribution in [0.1, 0.15) is 26.7 Å². The Morgan fingerprint density at radius 3 is 2.14 bits per heavy atom. The van der Waals surface area contributed by atoms with E-state index in [0.29, 0.717) is 24.2 Å². The van der Waals surface area contributed by atoms with Crippen molar-refractivity contribution in [1.82, 2.24) is 0 Å². The minimum absolute atomic E-state index is 0.197. The van der Waals surface area contributed by atoms with Gasteiger partial charge in [-0.1, -0.05) is 26.0 Å². The third-order valence-corrected chi connectivity index (χ3v) is 4.29. The van der Waals surface area contributed by atoms with Gasteiger partial charge < -0.3 is 11.1 Å². The summed E-state index contributed by atoms with van der Waals surface area (Å²) in [5, 5.41) is 2.78. The largest absolute Gasteiger partial charge is 0.329 e. The molecular formula is C14H23N3O3S. The zero-order valence-electron chi connectivity index (χ0n) is 12.6. The van der Waals surface area contributed by atoms with Gasteiger partial charge >= 0.3 is 0 Å². The molecule has 1 rings (SSSR count). The van der Waals surface area contributed by atoms with Crippen LogP contribution in [0.4, 0.5) is 11.4 Å². The quantitative estimate of drug-likeness (QED) is 0.714. The molecular weight excluding hydrogens is 290 g/mol. The Kier molecular flexibility index (Phi) is 5.74. The molecule has 0 aromatic heterocycles. The van der Waals surface area contributed by atoms with Crippen molar-refractivity contribution >= 4 is 27.3 Å². The maximum absolute atomic E-state index is 12.5. The van der Waals surface area contributed by atoms with Gasteiger partial charge in [0.1, 0.15) is 0 Å². The smallest absolute Gasteiger partial charge is 0.231 e. The van der Waals surface area contributed by atoms with E-state index in [-0.39, 0.29) is 12.5 Å². The van der Waals surface area contributed by atoms with Gasteiger partial charge in [0.05, 0.1) is 23.0 Å². The molecule has 0 saturated carbocycles. The lowest BCUT2D eigenvalue weighted by atomic mass is 9.81. The highest BCUT2D eigenvalue weighted by Gasteiger charge is 2.33. The van der Waals surface area contributed by atoms with Gasteiger partial charge in [0.25, 0.3) is 0 Å². The van der Waals surface area contributed by atoms with E-state index in [1.807, 2.05) is 13.8 Å². The number of sulfonamides is 1. The molecule has 0 saturated heterocycles. The molecule has 0 aliphatic carbocycles. The Morgan fingerprint density at radius 2 is 1.71 bits per heavy atom. The van der Waals surface area contributed by atoms with Gasteiger partial charge in [-0.2, -0.15) is 0 Å². The minimum atomic E-state index is -3.41. The molecule has 1 aromatic carbocycles. The number of nitrogens with one attached hydrogen (secondary N) is 2. The van der Waals surface area contributed by atoms with E-state index in [1.54, 1.807) is 24.3 Å². The van der Waals surface area contributed by atoms with Crippen LogP contribution >= 0.6 is 0 Å². The first-order valence-electron chi connectivity index (χ1n) is 6.86. The van der Waals surface area contributed by atoms with Crippen LogP contribution < -0.4 is 15.8 Å². The fraction of sp³-hybridized carbons (Fsp3) is 0.500. The van der Waals surface area contributed by atoms with Crippen molar-refractivity contribution in [3.05, 3.63) is 24.3 Å². The monoisotopic (exact) mass is 313 g/mol. The number of hydrogen-bond donors (Lipinski definition) is 3. The van der Waals surface area contributed by atoms with Crippen molar-refractivity contribution in [2.24, 2.45) is 11.1 Å². The first-order valence-corrected chi connectivity index (χ1v) is 8.75. The van der Waals surface area contributed by atoms with Crippen LogP contribution in [0.15, 0.2) is 24.3 Å². The minimum Gasteiger partial charge on any atom is -0.329 e. The van der Waals surface area contributed by atoms with E-state index in [4.69, 9.17) is 5.73 Å². The van der Waals surface area contributed by atoms with Crippen LogP contribution in [-0.4, -0.2) is 27.1 Å². The van der Waals surface area contributed by atoms with Gasteiger partial charge in [-0.05, 0) is 25.0 Å². The summed E-state index contributed by atoms with van der Waals surface area (Å²) in [5.74, 6) is -0.197. The topological polar surface area (TPSA) is 101 Å². The molecule has 0 spiro atoms. The summed E-state index contributed by atoms with van der Waals surface area (Å²) in [6, 6.07) is 6.67. The summed E-state index contributed by atoms with van der Waals surface area (Å²) in [4.78, 5) is 12.5. The van der Waals surface area contributed by atoms with Crippen molar-refractivity contribution in [3.63, 3.8) is 0 Å². The number of hydrogen-bond acceptors (Lipinski definition) is 4. The Balaban J connectivity index is 3.06. The first kappa shape index (κ1) is 17.5. The third-order valence-electron chi connectivity index (χ3n) is 3.70. The van der Waals surface area contributed by atoms with Crippen molar-refractivity contribution in [1.29, 1.82) is 0 Å². The molecule has 0 radical (unpaired) electrons. The molecule has 1 aromatic rings. The van der Waals surface area contributed by atoms with Crippen LogP contribution in [0.2, 0.25) is 0 Å². The average molecular weight is 313 g/mol. The second-order valence-electron chi connectivity index (χ2n) is 5.07. The van der Waals surface area contributed by atoms with E-state index in [9.17, 15) is 13.2 Å². The first-order chi connectivity index (χ1) is 9.78. The molecule has 0 atom stereocenters. The van der Waals surface area contributed by atoms with Crippen molar-refractivity contribution in [3.8, 4) is 0 Å². The van der Waals surface area contributed by atoms with Crippen LogP contribution in [0.3, 0.4) is 0 Å². The molecule has 21 heavy (non-hydrogen) atoms. The maximum Gasteiger partial charge on any atom is 0.231 e.